The predicted octanol–water partition coefficient (Wildman–Crippen LogP) is 2.92. The second-order valence-electron chi connectivity index (χ2n) is 5.07. The van der Waals surface area contributed by atoms with E-state index in [1.165, 1.54) is 0 Å². The van der Waals surface area contributed by atoms with Crippen LogP contribution in [-0.2, 0) is 23.1 Å². The molecule has 0 aliphatic heterocycles. The van der Waals surface area contributed by atoms with E-state index in [-0.39, 0.29) is 0 Å². The lowest BCUT2D eigenvalue weighted by atomic mass is 10.2. The van der Waals surface area contributed by atoms with Crippen LogP contribution in [-0.4, -0.2) is 19.0 Å². The Hall–Kier alpha value is -1.49. The van der Waals surface area contributed by atoms with E-state index in [1.54, 1.807) is 0 Å². The molecule has 0 saturated carbocycles. The maximum atomic E-state index is 12.6. The largest absolute Gasteiger partial charge is 0.314 e. The minimum absolute atomic E-state index is 0.422. The fourth-order valence-corrected chi connectivity index (χ4v) is 3.54. The Morgan fingerprint density at radius 2 is 1.95 bits per heavy atom. The fraction of sp³-hybridized carbons (Fsp3) is 0.467. The first-order chi connectivity index (χ1) is 9.52. The van der Waals surface area contributed by atoms with Gasteiger partial charge in [0.25, 0.3) is 0 Å². The van der Waals surface area contributed by atoms with E-state index < -0.39 is 10.8 Å². The molecule has 0 fully saturated rings. The standard InChI is InChI=1S/C15H21N3OS/c1-5-8-18-13(4)16-17-15(18)10-20(19)14-9-11(2)6-7-12(14)3/h6-7,9H,5,8,10H2,1-4H3/t20-/m1/s1. The number of hydrogen-bond acceptors (Lipinski definition) is 3. The quantitative estimate of drug-likeness (QED) is 0.851. The summed E-state index contributed by atoms with van der Waals surface area (Å²) in [7, 11) is -1.08. The summed E-state index contributed by atoms with van der Waals surface area (Å²) in [6.45, 7) is 8.94. The molecule has 0 aliphatic rings. The second-order valence-corrected chi connectivity index (χ2v) is 6.49. The van der Waals surface area contributed by atoms with Gasteiger partial charge in [-0.25, -0.2) is 0 Å². The summed E-state index contributed by atoms with van der Waals surface area (Å²) in [5.74, 6) is 2.12. The Kier molecular flexibility index (Phi) is 4.70. The highest BCUT2D eigenvalue weighted by Crippen LogP contribution is 2.18. The zero-order valence-electron chi connectivity index (χ0n) is 12.5. The molecular formula is C15H21N3OS. The van der Waals surface area contributed by atoms with Gasteiger partial charge in [0, 0.05) is 11.4 Å². The molecule has 0 N–H and O–H groups in total. The average Bonchev–Trinajstić information content (AvgIpc) is 2.75. The number of benzene rings is 1. The van der Waals surface area contributed by atoms with E-state index in [1.807, 2.05) is 39.0 Å². The molecule has 0 aliphatic carbocycles. The third kappa shape index (κ3) is 3.15. The van der Waals surface area contributed by atoms with Crippen molar-refractivity contribution < 1.29 is 4.21 Å². The van der Waals surface area contributed by atoms with Gasteiger partial charge in [-0.05, 0) is 44.4 Å². The summed E-state index contributed by atoms with van der Waals surface area (Å²) >= 11 is 0. The molecule has 2 aromatic rings. The molecule has 0 radical (unpaired) electrons. The van der Waals surface area contributed by atoms with Crippen molar-refractivity contribution in [2.24, 2.45) is 0 Å². The van der Waals surface area contributed by atoms with Crippen molar-refractivity contribution in [3.05, 3.63) is 41.0 Å². The fourth-order valence-electron chi connectivity index (χ4n) is 2.19. The van der Waals surface area contributed by atoms with Gasteiger partial charge in [0.1, 0.15) is 11.6 Å². The smallest absolute Gasteiger partial charge is 0.146 e. The van der Waals surface area contributed by atoms with E-state index in [9.17, 15) is 4.21 Å². The molecule has 1 aromatic carbocycles. The van der Waals surface area contributed by atoms with Crippen molar-refractivity contribution in [1.82, 2.24) is 14.8 Å². The molecule has 5 heteroatoms. The highest BCUT2D eigenvalue weighted by Gasteiger charge is 2.14. The number of nitrogens with zero attached hydrogens (tertiary/aromatic N) is 3. The van der Waals surface area contributed by atoms with Crippen molar-refractivity contribution in [2.75, 3.05) is 0 Å². The first-order valence-corrected chi connectivity index (χ1v) is 8.19. The van der Waals surface area contributed by atoms with Crippen molar-refractivity contribution in [3.63, 3.8) is 0 Å². The van der Waals surface area contributed by atoms with Crippen LogP contribution in [0.5, 0.6) is 0 Å². The zero-order chi connectivity index (χ0) is 14.7. The minimum Gasteiger partial charge on any atom is -0.314 e. The molecule has 0 bridgehead atoms. The summed E-state index contributed by atoms with van der Waals surface area (Å²) in [5.41, 5.74) is 2.19. The Morgan fingerprint density at radius 1 is 1.20 bits per heavy atom. The van der Waals surface area contributed by atoms with Crippen molar-refractivity contribution in [3.8, 4) is 0 Å². The summed E-state index contributed by atoms with van der Waals surface area (Å²) in [6.07, 6.45) is 1.02. The van der Waals surface area contributed by atoms with Crippen LogP contribution in [0.2, 0.25) is 0 Å². The van der Waals surface area contributed by atoms with Crippen LogP contribution in [0, 0.1) is 20.8 Å². The lowest BCUT2D eigenvalue weighted by Crippen LogP contribution is -2.09. The summed E-state index contributed by atoms with van der Waals surface area (Å²) in [6, 6.07) is 6.06. The van der Waals surface area contributed by atoms with E-state index in [4.69, 9.17) is 0 Å². The lowest BCUT2D eigenvalue weighted by molar-refractivity contribution is 0.631. The van der Waals surface area contributed by atoms with Crippen molar-refractivity contribution in [2.45, 2.75) is 51.3 Å². The van der Waals surface area contributed by atoms with Gasteiger partial charge in [-0.15, -0.1) is 10.2 Å². The van der Waals surface area contributed by atoms with Gasteiger partial charge in [0.2, 0.25) is 0 Å². The van der Waals surface area contributed by atoms with Crippen LogP contribution in [0.15, 0.2) is 23.1 Å². The van der Waals surface area contributed by atoms with Gasteiger partial charge >= 0.3 is 0 Å². The van der Waals surface area contributed by atoms with Crippen LogP contribution in [0.3, 0.4) is 0 Å². The SMILES string of the molecule is CCCn1c(C)nnc1C[S@@](=O)c1cc(C)ccc1C. The molecule has 2 rings (SSSR count). The zero-order valence-corrected chi connectivity index (χ0v) is 13.3. The van der Waals surface area contributed by atoms with Crippen LogP contribution >= 0.6 is 0 Å². The molecule has 1 heterocycles. The van der Waals surface area contributed by atoms with Crippen LogP contribution < -0.4 is 0 Å². The third-order valence-electron chi connectivity index (χ3n) is 3.31. The molecule has 0 unspecified atom stereocenters. The summed E-state index contributed by atoms with van der Waals surface area (Å²) in [4.78, 5) is 0.897. The maximum absolute atomic E-state index is 12.6. The van der Waals surface area contributed by atoms with E-state index in [0.717, 1.165) is 40.6 Å². The third-order valence-corrected chi connectivity index (χ3v) is 4.76. The molecule has 108 valence electrons. The average molecular weight is 291 g/mol. The van der Waals surface area contributed by atoms with Gasteiger partial charge in [0.05, 0.1) is 16.6 Å². The number of hydrogen-bond donors (Lipinski definition) is 0. The second kappa shape index (κ2) is 6.31. The summed E-state index contributed by atoms with van der Waals surface area (Å²) in [5, 5.41) is 8.27. The highest BCUT2D eigenvalue weighted by atomic mass is 32.2. The first kappa shape index (κ1) is 14.9. The normalized spacial score (nSPS) is 12.6. The van der Waals surface area contributed by atoms with Gasteiger partial charge in [-0.1, -0.05) is 19.1 Å². The van der Waals surface area contributed by atoms with Crippen molar-refractivity contribution >= 4 is 10.8 Å². The van der Waals surface area contributed by atoms with Crippen LogP contribution in [0.25, 0.3) is 0 Å². The lowest BCUT2D eigenvalue weighted by Gasteiger charge is -2.09. The van der Waals surface area contributed by atoms with Gasteiger partial charge in [0.15, 0.2) is 0 Å². The molecule has 0 amide bonds. The van der Waals surface area contributed by atoms with Gasteiger partial charge in [-0.3, -0.25) is 4.21 Å². The maximum Gasteiger partial charge on any atom is 0.146 e. The summed E-state index contributed by atoms with van der Waals surface area (Å²) < 4.78 is 14.6. The monoisotopic (exact) mass is 291 g/mol. The van der Waals surface area contributed by atoms with Crippen LogP contribution in [0.4, 0.5) is 0 Å². The Morgan fingerprint density at radius 3 is 2.65 bits per heavy atom. The Bertz CT molecular complexity index is 634. The topological polar surface area (TPSA) is 47.8 Å². The molecule has 1 atom stereocenters. The predicted molar refractivity (Wildman–Crippen MR) is 81.1 cm³/mol. The molecule has 4 nitrogen and oxygen atoms in total. The van der Waals surface area contributed by atoms with Crippen LogP contribution in [0.1, 0.15) is 36.1 Å². The van der Waals surface area contributed by atoms with E-state index >= 15 is 0 Å². The number of rotatable bonds is 5. The molecule has 20 heavy (non-hydrogen) atoms. The first-order valence-electron chi connectivity index (χ1n) is 6.87. The number of aryl methyl sites for hydroxylation is 3. The Balaban J connectivity index is 2.26. The molecule has 1 aromatic heterocycles. The number of aromatic nitrogens is 3. The Labute approximate surface area is 122 Å². The van der Waals surface area contributed by atoms with Crippen molar-refractivity contribution in [1.29, 1.82) is 0 Å². The highest BCUT2D eigenvalue weighted by molar-refractivity contribution is 7.84. The molecular weight excluding hydrogens is 270 g/mol. The van der Waals surface area contributed by atoms with E-state index in [0.29, 0.717) is 5.75 Å². The molecule has 0 saturated heterocycles. The van der Waals surface area contributed by atoms with Gasteiger partial charge < -0.3 is 4.57 Å². The minimum atomic E-state index is -1.08. The molecule has 0 spiro atoms. The van der Waals surface area contributed by atoms with E-state index in [2.05, 4.69) is 21.7 Å². The van der Waals surface area contributed by atoms with Gasteiger partial charge in [-0.2, -0.15) is 0 Å².